The van der Waals surface area contributed by atoms with Crippen LogP contribution in [-0.4, -0.2) is 49.4 Å². The summed E-state index contributed by atoms with van der Waals surface area (Å²) in [7, 11) is 0. The standard InChI is InChI=1S/C20H25N3O5/c1-3-26-20(25)19-18(22-17(24)10-23-7-5-4-6-12(23)2)13-8-15-16(28-11-27-15)9-14(13)21-19/h8-9,12,21H,3-7,10-11H2,1-2H3,(H,22,24)/p+1/t12-/m1/s1. The Balaban J connectivity index is 1.64. The Bertz CT molecular complexity index is 907. The van der Waals surface area contributed by atoms with Crippen molar-refractivity contribution in [3.63, 3.8) is 0 Å². The lowest BCUT2D eigenvalue weighted by molar-refractivity contribution is -0.920. The Kier molecular flexibility index (Phi) is 5.13. The zero-order valence-corrected chi connectivity index (χ0v) is 16.2. The maximum Gasteiger partial charge on any atom is 0.356 e. The number of carbonyl (C=O) groups excluding carboxylic acids is 2. The van der Waals surface area contributed by atoms with Crippen molar-refractivity contribution in [3.8, 4) is 11.5 Å². The number of rotatable bonds is 5. The second-order valence-electron chi connectivity index (χ2n) is 7.38. The van der Waals surface area contributed by atoms with Crippen LogP contribution >= 0.6 is 0 Å². The summed E-state index contributed by atoms with van der Waals surface area (Å²) in [6.45, 7) is 5.70. The monoisotopic (exact) mass is 388 g/mol. The minimum absolute atomic E-state index is 0.118. The molecule has 2 aromatic rings. The quantitative estimate of drug-likeness (QED) is 0.675. The molecule has 4 rings (SSSR count). The van der Waals surface area contributed by atoms with Crippen molar-refractivity contribution >= 4 is 28.5 Å². The molecule has 28 heavy (non-hydrogen) atoms. The molecule has 1 amide bonds. The smallest absolute Gasteiger partial charge is 0.356 e. The van der Waals surface area contributed by atoms with Gasteiger partial charge in [0.15, 0.2) is 18.0 Å². The van der Waals surface area contributed by atoms with Crippen LogP contribution in [-0.2, 0) is 9.53 Å². The van der Waals surface area contributed by atoms with Crippen LogP contribution in [0.3, 0.4) is 0 Å². The first-order chi connectivity index (χ1) is 13.6. The predicted molar refractivity (Wildman–Crippen MR) is 103 cm³/mol. The van der Waals surface area contributed by atoms with Crippen molar-refractivity contribution in [3.05, 3.63) is 17.8 Å². The van der Waals surface area contributed by atoms with Crippen molar-refractivity contribution in [2.45, 2.75) is 39.2 Å². The fourth-order valence-electron chi connectivity index (χ4n) is 3.98. The van der Waals surface area contributed by atoms with Gasteiger partial charge in [0, 0.05) is 11.5 Å². The molecule has 1 unspecified atom stereocenters. The number of ether oxygens (including phenoxy) is 3. The molecule has 0 aliphatic carbocycles. The van der Waals surface area contributed by atoms with E-state index < -0.39 is 5.97 Å². The molecule has 150 valence electrons. The van der Waals surface area contributed by atoms with E-state index >= 15 is 0 Å². The number of likely N-dealkylation sites (tertiary alicyclic amines) is 1. The second-order valence-corrected chi connectivity index (χ2v) is 7.38. The van der Waals surface area contributed by atoms with Crippen LogP contribution in [0.2, 0.25) is 0 Å². The molecule has 3 N–H and O–H groups in total. The maximum absolute atomic E-state index is 12.8. The van der Waals surface area contributed by atoms with E-state index in [1.165, 1.54) is 11.3 Å². The number of benzene rings is 1. The number of piperidine rings is 1. The number of fused-ring (bicyclic) bond motifs is 2. The van der Waals surface area contributed by atoms with E-state index in [0.29, 0.717) is 40.7 Å². The molecule has 0 saturated carbocycles. The number of hydrogen-bond acceptors (Lipinski definition) is 5. The second kappa shape index (κ2) is 7.71. The molecule has 8 nitrogen and oxygen atoms in total. The number of hydrogen-bond donors (Lipinski definition) is 3. The van der Waals surface area contributed by atoms with Gasteiger partial charge in [0.1, 0.15) is 5.69 Å². The minimum atomic E-state index is -0.505. The third-order valence-corrected chi connectivity index (χ3v) is 5.51. The predicted octanol–water partition coefficient (Wildman–Crippen LogP) is 1.47. The van der Waals surface area contributed by atoms with E-state index in [-0.39, 0.29) is 25.0 Å². The highest BCUT2D eigenvalue weighted by Crippen LogP contribution is 2.39. The zero-order valence-electron chi connectivity index (χ0n) is 16.2. The van der Waals surface area contributed by atoms with Crippen molar-refractivity contribution < 1.29 is 28.7 Å². The number of carbonyl (C=O) groups is 2. The zero-order chi connectivity index (χ0) is 19.7. The van der Waals surface area contributed by atoms with E-state index in [1.807, 2.05) is 0 Å². The molecule has 0 bridgehead atoms. The van der Waals surface area contributed by atoms with Crippen molar-refractivity contribution in [1.82, 2.24) is 4.98 Å². The summed E-state index contributed by atoms with van der Waals surface area (Å²) in [5.41, 5.74) is 1.35. The van der Waals surface area contributed by atoms with Gasteiger partial charge in [0.05, 0.1) is 30.4 Å². The highest BCUT2D eigenvalue weighted by Gasteiger charge is 2.27. The van der Waals surface area contributed by atoms with Crippen LogP contribution in [0.4, 0.5) is 5.69 Å². The first-order valence-electron chi connectivity index (χ1n) is 9.83. The number of H-pyrrole nitrogens is 1. The largest absolute Gasteiger partial charge is 0.461 e. The summed E-state index contributed by atoms with van der Waals surface area (Å²) in [4.78, 5) is 29.6. The van der Waals surface area contributed by atoms with E-state index in [0.717, 1.165) is 19.4 Å². The van der Waals surface area contributed by atoms with Crippen molar-refractivity contribution in [1.29, 1.82) is 0 Å². The van der Waals surface area contributed by atoms with E-state index in [1.54, 1.807) is 19.1 Å². The van der Waals surface area contributed by atoms with Crippen LogP contribution in [0.15, 0.2) is 12.1 Å². The van der Waals surface area contributed by atoms with Crippen LogP contribution in [0, 0.1) is 0 Å². The normalized spacial score (nSPS) is 20.9. The first-order valence-corrected chi connectivity index (χ1v) is 9.83. The third-order valence-electron chi connectivity index (χ3n) is 5.51. The Hall–Kier alpha value is -2.74. The first kappa shape index (κ1) is 18.6. The SMILES string of the molecule is CCOC(=O)c1[nH]c2cc3c(cc2c1NC(=O)C[NH+]1CCCC[C@H]1C)OCO3. The summed E-state index contributed by atoms with van der Waals surface area (Å²) in [6.07, 6.45) is 3.49. The summed E-state index contributed by atoms with van der Waals surface area (Å²) >= 11 is 0. The number of nitrogens with one attached hydrogen (secondary N) is 3. The van der Waals surface area contributed by atoms with E-state index in [2.05, 4.69) is 17.2 Å². The molecule has 1 aromatic carbocycles. The highest BCUT2D eigenvalue weighted by atomic mass is 16.7. The van der Waals surface area contributed by atoms with Gasteiger partial charge < -0.3 is 29.4 Å². The lowest BCUT2D eigenvalue weighted by atomic mass is 10.0. The topological polar surface area (TPSA) is 94.1 Å². The highest BCUT2D eigenvalue weighted by molar-refractivity contribution is 6.11. The number of aromatic nitrogens is 1. The fraction of sp³-hybridized carbons (Fsp3) is 0.500. The Morgan fingerprint density at radius 3 is 2.82 bits per heavy atom. The van der Waals surface area contributed by atoms with Gasteiger partial charge in [-0.3, -0.25) is 4.79 Å². The fourth-order valence-corrected chi connectivity index (χ4v) is 3.98. The van der Waals surface area contributed by atoms with Gasteiger partial charge in [0.2, 0.25) is 6.79 Å². The molecule has 3 heterocycles. The van der Waals surface area contributed by atoms with Gasteiger partial charge in [-0.15, -0.1) is 0 Å². The molecule has 2 aliphatic rings. The lowest BCUT2D eigenvalue weighted by Crippen LogP contribution is -3.17. The Morgan fingerprint density at radius 1 is 1.29 bits per heavy atom. The summed E-state index contributed by atoms with van der Waals surface area (Å²) in [5.74, 6) is 0.573. The van der Waals surface area contributed by atoms with Crippen molar-refractivity contribution in [2.24, 2.45) is 0 Å². The molecule has 1 saturated heterocycles. The van der Waals surface area contributed by atoms with E-state index in [4.69, 9.17) is 14.2 Å². The van der Waals surface area contributed by atoms with Gasteiger partial charge in [-0.1, -0.05) is 0 Å². The van der Waals surface area contributed by atoms with Crippen LogP contribution in [0.5, 0.6) is 11.5 Å². The van der Waals surface area contributed by atoms with Gasteiger partial charge in [0.25, 0.3) is 5.91 Å². The number of amides is 1. The lowest BCUT2D eigenvalue weighted by Gasteiger charge is -2.29. The van der Waals surface area contributed by atoms with Gasteiger partial charge >= 0.3 is 5.97 Å². The van der Waals surface area contributed by atoms with Gasteiger partial charge in [-0.05, 0) is 39.2 Å². The number of quaternary nitrogens is 1. The van der Waals surface area contributed by atoms with E-state index in [9.17, 15) is 9.59 Å². The molecule has 0 radical (unpaired) electrons. The van der Waals surface area contributed by atoms with Crippen LogP contribution in [0.1, 0.15) is 43.6 Å². The average Bonchev–Trinajstić information content (AvgIpc) is 3.26. The number of anilines is 1. The average molecular weight is 388 g/mol. The van der Waals surface area contributed by atoms with Crippen LogP contribution < -0.4 is 19.7 Å². The third kappa shape index (κ3) is 3.52. The molecular formula is C20H26N3O5+. The Morgan fingerprint density at radius 2 is 2.07 bits per heavy atom. The molecule has 2 aliphatic heterocycles. The number of aromatic amines is 1. The summed E-state index contributed by atoms with van der Waals surface area (Å²) in [5, 5.41) is 3.64. The molecule has 8 heteroatoms. The molecular weight excluding hydrogens is 362 g/mol. The molecule has 0 spiro atoms. The molecule has 1 aromatic heterocycles. The minimum Gasteiger partial charge on any atom is -0.461 e. The van der Waals surface area contributed by atoms with Gasteiger partial charge in [-0.25, -0.2) is 4.79 Å². The maximum atomic E-state index is 12.8. The molecule has 2 atom stereocenters. The van der Waals surface area contributed by atoms with Crippen LogP contribution in [0.25, 0.3) is 10.9 Å². The van der Waals surface area contributed by atoms with Crippen molar-refractivity contribution in [2.75, 3.05) is 31.8 Å². The Labute approximate surface area is 163 Å². The summed E-state index contributed by atoms with van der Waals surface area (Å²) < 4.78 is 16.0. The summed E-state index contributed by atoms with van der Waals surface area (Å²) in [6, 6.07) is 4.01. The molecule has 1 fully saturated rings. The van der Waals surface area contributed by atoms with Gasteiger partial charge in [-0.2, -0.15) is 0 Å². The number of esters is 1.